The van der Waals surface area contributed by atoms with Crippen LogP contribution in [0.5, 0.6) is 0 Å². The SMILES string of the molecule is c1ccc(-c2cc(-c3ccc4oc5cccc(-n6c7ccccc7c7c(-c8ccccc8)cccc76)c5c4c3)nc(-c3ccccc3)n2)cc1. The molecule has 0 saturated heterocycles. The predicted octanol–water partition coefficient (Wildman–Crippen LogP) is 12.1. The fourth-order valence-electron chi connectivity index (χ4n) is 7.36. The first kappa shape index (κ1) is 28.3. The summed E-state index contributed by atoms with van der Waals surface area (Å²) in [6.45, 7) is 0. The van der Waals surface area contributed by atoms with Crippen LogP contribution in [-0.4, -0.2) is 14.5 Å². The van der Waals surface area contributed by atoms with Crippen LogP contribution in [0.25, 0.3) is 94.5 Å². The zero-order valence-electron chi connectivity index (χ0n) is 27.0. The van der Waals surface area contributed by atoms with Crippen molar-refractivity contribution in [2.45, 2.75) is 0 Å². The zero-order chi connectivity index (χ0) is 33.0. The van der Waals surface area contributed by atoms with Gasteiger partial charge in [0.15, 0.2) is 5.82 Å². The molecule has 0 N–H and O–H groups in total. The summed E-state index contributed by atoms with van der Waals surface area (Å²) in [6.07, 6.45) is 0. The number of rotatable bonds is 5. The van der Waals surface area contributed by atoms with E-state index >= 15 is 0 Å². The van der Waals surface area contributed by atoms with E-state index in [-0.39, 0.29) is 0 Å². The molecule has 0 aliphatic carbocycles. The third kappa shape index (κ3) is 4.54. The average molecular weight is 640 g/mol. The number of benzene rings is 7. The van der Waals surface area contributed by atoms with E-state index in [0.29, 0.717) is 5.82 Å². The van der Waals surface area contributed by atoms with E-state index in [1.54, 1.807) is 0 Å². The summed E-state index contributed by atoms with van der Waals surface area (Å²) in [5.41, 5.74) is 12.2. The van der Waals surface area contributed by atoms with Gasteiger partial charge in [0.05, 0.1) is 33.5 Å². The maximum absolute atomic E-state index is 6.54. The third-order valence-corrected chi connectivity index (χ3v) is 9.62. The van der Waals surface area contributed by atoms with Crippen molar-refractivity contribution in [3.8, 4) is 50.7 Å². The predicted molar refractivity (Wildman–Crippen MR) is 205 cm³/mol. The number of fused-ring (bicyclic) bond motifs is 6. The summed E-state index contributed by atoms with van der Waals surface area (Å²) in [4.78, 5) is 10.1. The Bertz CT molecular complexity index is 2800. The van der Waals surface area contributed by atoms with Gasteiger partial charge in [0.25, 0.3) is 0 Å². The molecule has 10 rings (SSSR count). The Morgan fingerprint density at radius 2 is 1.04 bits per heavy atom. The van der Waals surface area contributed by atoms with E-state index in [0.717, 1.165) is 66.7 Å². The molecule has 0 radical (unpaired) electrons. The van der Waals surface area contributed by atoms with Crippen molar-refractivity contribution in [2.24, 2.45) is 0 Å². The molecule has 0 aliphatic rings. The van der Waals surface area contributed by atoms with Crippen LogP contribution >= 0.6 is 0 Å². The standard InChI is InChI=1S/C46H29N3O/c1-4-14-30(15-5-1)34-21-12-23-40-44(34)35-20-10-11-22-39(35)49(40)41-24-13-25-43-45(41)36-28-33(26-27-42(36)50-43)38-29-37(31-16-6-2-7-17-31)47-46(48-38)32-18-8-3-9-19-32/h1-29H. The second kappa shape index (κ2) is 11.4. The van der Waals surface area contributed by atoms with E-state index in [4.69, 9.17) is 14.4 Å². The van der Waals surface area contributed by atoms with Gasteiger partial charge in [0, 0.05) is 32.8 Å². The highest BCUT2D eigenvalue weighted by Gasteiger charge is 2.20. The van der Waals surface area contributed by atoms with Gasteiger partial charge in [-0.05, 0) is 59.7 Å². The van der Waals surface area contributed by atoms with Gasteiger partial charge in [-0.2, -0.15) is 0 Å². The molecule has 0 aliphatic heterocycles. The summed E-state index contributed by atoms with van der Waals surface area (Å²) in [7, 11) is 0. The summed E-state index contributed by atoms with van der Waals surface area (Å²) in [6, 6.07) is 61.3. The molecule has 7 aromatic carbocycles. The number of nitrogens with zero attached hydrogens (tertiary/aromatic N) is 3. The minimum Gasteiger partial charge on any atom is -0.456 e. The van der Waals surface area contributed by atoms with E-state index in [9.17, 15) is 0 Å². The molecular weight excluding hydrogens is 611 g/mol. The first-order chi connectivity index (χ1) is 24.8. The fraction of sp³-hybridized carbons (Fsp3) is 0. The summed E-state index contributed by atoms with van der Waals surface area (Å²) in [5, 5.41) is 4.56. The van der Waals surface area contributed by atoms with Crippen molar-refractivity contribution < 1.29 is 4.42 Å². The van der Waals surface area contributed by atoms with Gasteiger partial charge >= 0.3 is 0 Å². The molecule has 4 heteroatoms. The van der Waals surface area contributed by atoms with Gasteiger partial charge < -0.3 is 8.98 Å². The maximum Gasteiger partial charge on any atom is 0.160 e. The quantitative estimate of drug-likeness (QED) is 0.188. The molecule has 3 heterocycles. The van der Waals surface area contributed by atoms with Gasteiger partial charge in [-0.1, -0.05) is 127 Å². The lowest BCUT2D eigenvalue weighted by Crippen LogP contribution is -1.96. The highest BCUT2D eigenvalue weighted by Crippen LogP contribution is 2.42. The summed E-state index contributed by atoms with van der Waals surface area (Å²) >= 11 is 0. The Labute approximate surface area is 288 Å². The number of hydrogen-bond donors (Lipinski definition) is 0. The van der Waals surface area contributed by atoms with Gasteiger partial charge in [0.2, 0.25) is 0 Å². The van der Waals surface area contributed by atoms with Crippen LogP contribution in [0.3, 0.4) is 0 Å². The van der Waals surface area contributed by atoms with Crippen LogP contribution in [0.1, 0.15) is 0 Å². The van der Waals surface area contributed by atoms with Crippen LogP contribution in [-0.2, 0) is 0 Å². The Balaban J connectivity index is 1.22. The molecule has 50 heavy (non-hydrogen) atoms. The topological polar surface area (TPSA) is 43.9 Å². The van der Waals surface area contributed by atoms with Crippen molar-refractivity contribution in [2.75, 3.05) is 0 Å². The molecule has 0 unspecified atom stereocenters. The van der Waals surface area contributed by atoms with Crippen LogP contribution in [0.2, 0.25) is 0 Å². The Morgan fingerprint density at radius 1 is 0.400 bits per heavy atom. The van der Waals surface area contributed by atoms with E-state index in [1.807, 2.05) is 36.4 Å². The van der Waals surface area contributed by atoms with E-state index in [2.05, 4.69) is 144 Å². The smallest absolute Gasteiger partial charge is 0.160 e. The molecule has 4 nitrogen and oxygen atoms in total. The van der Waals surface area contributed by atoms with Crippen LogP contribution in [0, 0.1) is 0 Å². The minimum absolute atomic E-state index is 0.694. The monoisotopic (exact) mass is 639 g/mol. The van der Waals surface area contributed by atoms with Crippen LogP contribution in [0.15, 0.2) is 180 Å². The van der Waals surface area contributed by atoms with Gasteiger partial charge in [-0.15, -0.1) is 0 Å². The van der Waals surface area contributed by atoms with Gasteiger partial charge in [-0.3, -0.25) is 0 Å². The third-order valence-electron chi connectivity index (χ3n) is 9.62. The normalized spacial score (nSPS) is 11.6. The van der Waals surface area contributed by atoms with Crippen molar-refractivity contribution in [1.29, 1.82) is 0 Å². The van der Waals surface area contributed by atoms with E-state index < -0.39 is 0 Å². The molecule has 234 valence electrons. The first-order valence-corrected chi connectivity index (χ1v) is 16.8. The molecule has 3 aromatic heterocycles. The lowest BCUT2D eigenvalue weighted by molar-refractivity contribution is 0.669. The van der Waals surface area contributed by atoms with E-state index in [1.165, 1.54) is 21.9 Å². The Morgan fingerprint density at radius 3 is 1.82 bits per heavy atom. The summed E-state index contributed by atoms with van der Waals surface area (Å²) in [5.74, 6) is 0.694. The zero-order valence-corrected chi connectivity index (χ0v) is 27.0. The lowest BCUT2D eigenvalue weighted by atomic mass is 9.99. The van der Waals surface area contributed by atoms with Crippen molar-refractivity contribution >= 4 is 43.7 Å². The minimum atomic E-state index is 0.694. The fourth-order valence-corrected chi connectivity index (χ4v) is 7.36. The van der Waals surface area contributed by atoms with Crippen LogP contribution < -0.4 is 0 Å². The number of para-hydroxylation sites is 1. The summed E-state index contributed by atoms with van der Waals surface area (Å²) < 4.78 is 8.93. The van der Waals surface area contributed by atoms with Gasteiger partial charge in [-0.25, -0.2) is 9.97 Å². The lowest BCUT2D eigenvalue weighted by Gasteiger charge is -2.11. The van der Waals surface area contributed by atoms with Crippen molar-refractivity contribution in [3.05, 3.63) is 176 Å². The van der Waals surface area contributed by atoms with Gasteiger partial charge in [0.1, 0.15) is 11.2 Å². The molecule has 0 fully saturated rings. The molecular formula is C46H29N3O. The molecule has 10 aromatic rings. The second-order valence-corrected chi connectivity index (χ2v) is 12.6. The number of furan rings is 1. The molecule has 0 atom stereocenters. The average Bonchev–Trinajstić information content (AvgIpc) is 3.74. The second-order valence-electron chi connectivity index (χ2n) is 12.6. The maximum atomic E-state index is 6.54. The molecule has 0 spiro atoms. The molecule has 0 amide bonds. The largest absolute Gasteiger partial charge is 0.456 e. The van der Waals surface area contributed by atoms with Crippen LogP contribution in [0.4, 0.5) is 0 Å². The Hall–Kier alpha value is -6.78. The highest BCUT2D eigenvalue weighted by molar-refractivity contribution is 6.18. The Kier molecular flexibility index (Phi) is 6.46. The number of aromatic nitrogens is 3. The molecule has 0 bridgehead atoms. The van der Waals surface area contributed by atoms with Crippen molar-refractivity contribution in [1.82, 2.24) is 14.5 Å². The number of hydrogen-bond acceptors (Lipinski definition) is 3. The highest BCUT2D eigenvalue weighted by atomic mass is 16.3. The van der Waals surface area contributed by atoms with Crippen molar-refractivity contribution in [3.63, 3.8) is 0 Å². The molecule has 0 saturated carbocycles. The first-order valence-electron chi connectivity index (χ1n) is 16.8.